The van der Waals surface area contributed by atoms with Gasteiger partial charge >= 0.3 is 0 Å². The van der Waals surface area contributed by atoms with Gasteiger partial charge in [0.05, 0.1) is 13.2 Å². The van der Waals surface area contributed by atoms with Crippen LogP contribution in [0.5, 0.6) is 0 Å². The van der Waals surface area contributed by atoms with Gasteiger partial charge in [0.1, 0.15) is 0 Å². The highest BCUT2D eigenvalue weighted by molar-refractivity contribution is 5.86. The summed E-state index contributed by atoms with van der Waals surface area (Å²) in [5, 5.41) is 12.1. The van der Waals surface area contributed by atoms with Crippen LogP contribution in [0.2, 0.25) is 0 Å². The number of aryl methyl sites for hydroxylation is 1. The molecule has 198 valence electrons. The van der Waals surface area contributed by atoms with Crippen LogP contribution in [0.4, 0.5) is 0 Å². The Morgan fingerprint density at radius 2 is 1.77 bits per heavy atom. The molecular weight excluding hydrogens is 436 g/mol. The highest BCUT2D eigenvalue weighted by atomic mass is 16.3. The van der Waals surface area contributed by atoms with Crippen LogP contribution in [-0.4, -0.2) is 47.6 Å². The predicted molar refractivity (Wildman–Crippen MR) is 144 cm³/mol. The number of aliphatic hydroxyl groups is 1. The Bertz CT molecular complexity index is 720. The molecule has 1 aromatic carbocycles. The Morgan fingerprint density at radius 1 is 1.06 bits per heavy atom. The van der Waals surface area contributed by atoms with Crippen molar-refractivity contribution < 1.29 is 14.7 Å². The van der Waals surface area contributed by atoms with Crippen molar-refractivity contribution in [2.45, 2.75) is 104 Å². The van der Waals surface area contributed by atoms with Crippen LogP contribution in [0.25, 0.3) is 0 Å². The van der Waals surface area contributed by atoms with E-state index in [1.165, 1.54) is 44.1 Å². The van der Waals surface area contributed by atoms with Crippen LogP contribution in [0, 0.1) is 17.8 Å². The quantitative estimate of drug-likeness (QED) is 0.260. The van der Waals surface area contributed by atoms with E-state index in [0.717, 1.165) is 44.4 Å². The van der Waals surface area contributed by atoms with Gasteiger partial charge in [0.2, 0.25) is 11.8 Å². The molecule has 2 amide bonds. The minimum Gasteiger partial charge on any atom is -0.394 e. The van der Waals surface area contributed by atoms with Gasteiger partial charge in [-0.15, -0.1) is 0 Å². The highest BCUT2D eigenvalue weighted by Gasteiger charge is 2.32. The summed E-state index contributed by atoms with van der Waals surface area (Å²) >= 11 is 0. The molecule has 0 saturated heterocycles. The van der Waals surface area contributed by atoms with Gasteiger partial charge in [-0.3, -0.25) is 9.59 Å². The normalized spacial score (nSPS) is 16.2. The van der Waals surface area contributed by atoms with Crippen LogP contribution < -0.4 is 5.32 Å². The smallest absolute Gasteiger partial charge is 0.239 e. The van der Waals surface area contributed by atoms with Crippen molar-refractivity contribution >= 4 is 11.8 Å². The molecule has 0 radical (unpaired) electrons. The van der Waals surface area contributed by atoms with Crippen LogP contribution in [0.1, 0.15) is 97.0 Å². The average Bonchev–Trinajstić information content (AvgIpc) is 2.83. The van der Waals surface area contributed by atoms with E-state index >= 15 is 0 Å². The molecule has 0 aliphatic heterocycles. The molecule has 0 aromatic heterocycles. The minimum atomic E-state index is -0.300. The standard InChI is InChI=1S/C30H50N2O3/c1-4-5-6-7-11-20-32(22-29(34)31-24(2)23-33)30(35)25(3)28(21-27-17-12-18-27)19-13-16-26-14-9-8-10-15-26/h8-10,14-15,24-25,27-28,33H,4-7,11-13,16-23H2,1-3H3,(H,31,34)/t24-,25?,28?/m0/s1. The molecule has 2 unspecified atom stereocenters. The Hall–Kier alpha value is -1.88. The van der Waals surface area contributed by atoms with Crippen molar-refractivity contribution in [2.24, 2.45) is 17.8 Å². The van der Waals surface area contributed by atoms with Gasteiger partial charge in [0, 0.05) is 18.5 Å². The predicted octanol–water partition coefficient (Wildman–Crippen LogP) is 5.75. The fourth-order valence-corrected chi connectivity index (χ4v) is 5.14. The molecule has 1 fully saturated rings. The lowest BCUT2D eigenvalue weighted by molar-refractivity contribution is -0.141. The molecule has 3 atom stereocenters. The molecule has 0 bridgehead atoms. The summed E-state index contributed by atoms with van der Waals surface area (Å²) in [6.45, 7) is 6.68. The third-order valence-corrected chi connectivity index (χ3v) is 7.70. The summed E-state index contributed by atoms with van der Waals surface area (Å²) in [7, 11) is 0. The average molecular weight is 487 g/mol. The molecule has 1 saturated carbocycles. The number of carbonyl (C=O) groups is 2. The first-order valence-corrected chi connectivity index (χ1v) is 14.2. The Labute approximate surface area is 214 Å². The molecule has 5 heteroatoms. The van der Waals surface area contributed by atoms with E-state index in [4.69, 9.17) is 0 Å². The number of nitrogens with one attached hydrogen (secondary N) is 1. The fourth-order valence-electron chi connectivity index (χ4n) is 5.14. The Morgan fingerprint density at radius 3 is 2.40 bits per heavy atom. The lowest BCUT2D eigenvalue weighted by Gasteiger charge is -2.34. The molecule has 5 nitrogen and oxygen atoms in total. The number of rotatable bonds is 18. The van der Waals surface area contributed by atoms with Gasteiger partial charge in [-0.2, -0.15) is 0 Å². The number of nitrogens with zero attached hydrogens (tertiary/aromatic N) is 1. The van der Waals surface area contributed by atoms with Crippen molar-refractivity contribution in [2.75, 3.05) is 19.7 Å². The van der Waals surface area contributed by atoms with Crippen molar-refractivity contribution in [1.82, 2.24) is 10.2 Å². The van der Waals surface area contributed by atoms with E-state index in [1.807, 2.05) is 0 Å². The van der Waals surface area contributed by atoms with Crippen molar-refractivity contribution in [3.8, 4) is 0 Å². The number of aliphatic hydroxyl groups excluding tert-OH is 1. The summed E-state index contributed by atoms with van der Waals surface area (Å²) in [6.07, 6.45) is 13.8. The van der Waals surface area contributed by atoms with Gasteiger partial charge in [-0.1, -0.05) is 89.1 Å². The van der Waals surface area contributed by atoms with E-state index in [2.05, 4.69) is 49.5 Å². The Kier molecular flexibility index (Phi) is 14.0. The van der Waals surface area contributed by atoms with E-state index in [1.54, 1.807) is 11.8 Å². The second-order valence-electron chi connectivity index (χ2n) is 10.8. The lowest BCUT2D eigenvalue weighted by atomic mass is 9.74. The number of hydrogen-bond donors (Lipinski definition) is 2. The molecule has 2 N–H and O–H groups in total. The van der Waals surface area contributed by atoms with Crippen molar-refractivity contribution in [3.63, 3.8) is 0 Å². The summed E-state index contributed by atoms with van der Waals surface area (Å²) in [5.41, 5.74) is 1.36. The number of amides is 2. The largest absolute Gasteiger partial charge is 0.394 e. The first-order chi connectivity index (χ1) is 16.9. The van der Waals surface area contributed by atoms with Crippen LogP contribution in [-0.2, 0) is 16.0 Å². The van der Waals surface area contributed by atoms with Crippen LogP contribution in [0.15, 0.2) is 30.3 Å². The number of hydrogen-bond acceptors (Lipinski definition) is 3. The van der Waals surface area contributed by atoms with Gasteiger partial charge in [0.25, 0.3) is 0 Å². The maximum Gasteiger partial charge on any atom is 0.239 e. The van der Waals surface area contributed by atoms with Crippen molar-refractivity contribution in [1.29, 1.82) is 0 Å². The van der Waals surface area contributed by atoms with Gasteiger partial charge in [0.15, 0.2) is 0 Å². The molecule has 35 heavy (non-hydrogen) atoms. The number of benzene rings is 1. The molecule has 0 heterocycles. The van der Waals surface area contributed by atoms with Crippen LogP contribution >= 0.6 is 0 Å². The topological polar surface area (TPSA) is 69.6 Å². The lowest BCUT2D eigenvalue weighted by Crippen LogP contribution is -2.47. The summed E-state index contributed by atoms with van der Waals surface area (Å²) in [4.78, 5) is 28.1. The second kappa shape index (κ2) is 16.7. The zero-order valence-electron chi connectivity index (χ0n) is 22.5. The molecule has 1 aliphatic rings. The van der Waals surface area contributed by atoms with Gasteiger partial charge in [-0.05, 0) is 56.4 Å². The molecule has 1 aliphatic carbocycles. The molecule has 1 aromatic rings. The summed E-state index contributed by atoms with van der Waals surface area (Å²) in [6, 6.07) is 10.3. The maximum absolute atomic E-state index is 13.7. The summed E-state index contributed by atoms with van der Waals surface area (Å²) < 4.78 is 0. The zero-order chi connectivity index (χ0) is 25.5. The van der Waals surface area contributed by atoms with Crippen molar-refractivity contribution in [3.05, 3.63) is 35.9 Å². The molecule has 2 rings (SSSR count). The Balaban J connectivity index is 2.01. The monoisotopic (exact) mass is 486 g/mol. The van der Waals surface area contributed by atoms with E-state index < -0.39 is 0 Å². The van der Waals surface area contributed by atoms with Crippen LogP contribution in [0.3, 0.4) is 0 Å². The van der Waals surface area contributed by atoms with E-state index in [-0.39, 0.29) is 36.9 Å². The van der Waals surface area contributed by atoms with E-state index in [9.17, 15) is 14.7 Å². The highest BCUT2D eigenvalue weighted by Crippen LogP contribution is 2.37. The first kappa shape index (κ1) is 29.4. The first-order valence-electron chi connectivity index (χ1n) is 14.2. The molecule has 0 spiro atoms. The minimum absolute atomic E-state index is 0.0786. The third-order valence-electron chi connectivity index (χ3n) is 7.70. The van der Waals surface area contributed by atoms with E-state index in [0.29, 0.717) is 12.5 Å². The SMILES string of the molecule is CCCCCCCN(CC(=O)N[C@@H](C)CO)C(=O)C(C)C(CCCc1ccccc1)CC1CCC1. The number of unbranched alkanes of at least 4 members (excludes halogenated alkanes) is 4. The molecular formula is C30H50N2O3. The van der Waals surface area contributed by atoms with Gasteiger partial charge < -0.3 is 15.3 Å². The number of carbonyl (C=O) groups excluding carboxylic acids is 2. The maximum atomic E-state index is 13.7. The van der Waals surface area contributed by atoms with Gasteiger partial charge in [-0.25, -0.2) is 0 Å². The third kappa shape index (κ3) is 11.2. The zero-order valence-corrected chi connectivity index (χ0v) is 22.5. The summed E-state index contributed by atoms with van der Waals surface area (Å²) in [5.74, 6) is 0.975. The fraction of sp³-hybridized carbons (Fsp3) is 0.733. The second-order valence-corrected chi connectivity index (χ2v) is 10.8.